The van der Waals surface area contributed by atoms with Gasteiger partial charge in [0.25, 0.3) is 0 Å². The standard InChI is InChI=1S/C13H5ClFN3O2/c14-6-2-1-3-7(15)8(6)9-12(4-16)10(19)18-11(20)13(9,12)5-17/h1-3,9H,(H,18,19,20)/t9?,12-,13+. The van der Waals surface area contributed by atoms with Crippen LogP contribution in [-0.2, 0) is 9.59 Å². The summed E-state index contributed by atoms with van der Waals surface area (Å²) in [6.07, 6.45) is 0. The number of fused-ring (bicyclic) bond motifs is 1. The maximum absolute atomic E-state index is 14.0. The molecule has 0 aromatic heterocycles. The third-order valence-electron chi connectivity index (χ3n) is 3.99. The van der Waals surface area contributed by atoms with Gasteiger partial charge in [0.1, 0.15) is 5.82 Å². The van der Waals surface area contributed by atoms with Gasteiger partial charge in [0.15, 0.2) is 10.8 Å². The smallest absolute Gasteiger partial charge is 0.250 e. The third kappa shape index (κ3) is 1.03. The maximum Gasteiger partial charge on any atom is 0.250 e. The molecule has 1 heterocycles. The van der Waals surface area contributed by atoms with Crippen LogP contribution in [0.5, 0.6) is 0 Å². The van der Waals surface area contributed by atoms with Crippen LogP contribution in [-0.4, -0.2) is 11.8 Å². The van der Waals surface area contributed by atoms with Gasteiger partial charge in [-0.3, -0.25) is 14.9 Å². The lowest BCUT2D eigenvalue weighted by molar-refractivity contribution is -0.128. The van der Waals surface area contributed by atoms with Gasteiger partial charge in [-0.2, -0.15) is 10.5 Å². The summed E-state index contributed by atoms with van der Waals surface area (Å²) in [6, 6.07) is 7.26. The molecule has 3 atom stereocenters. The number of hydrogen-bond donors (Lipinski definition) is 1. The molecule has 0 radical (unpaired) electrons. The van der Waals surface area contributed by atoms with Crippen molar-refractivity contribution in [2.75, 3.05) is 0 Å². The highest BCUT2D eigenvalue weighted by Crippen LogP contribution is 2.77. The fourth-order valence-corrected chi connectivity index (χ4v) is 3.29. The lowest BCUT2D eigenvalue weighted by Crippen LogP contribution is -2.32. The van der Waals surface area contributed by atoms with Crippen molar-refractivity contribution in [1.82, 2.24) is 5.32 Å². The number of nitrogens with zero attached hydrogens (tertiary/aromatic N) is 2. The molecule has 1 aliphatic carbocycles. The molecular formula is C13H5ClFN3O2. The quantitative estimate of drug-likeness (QED) is 0.787. The van der Waals surface area contributed by atoms with Crippen molar-refractivity contribution in [2.24, 2.45) is 10.8 Å². The second-order valence-corrected chi connectivity index (χ2v) is 5.10. The second-order valence-electron chi connectivity index (χ2n) is 4.69. The van der Waals surface area contributed by atoms with Gasteiger partial charge in [0, 0.05) is 16.5 Å². The number of nitriles is 2. The summed E-state index contributed by atoms with van der Waals surface area (Å²) in [5.74, 6) is -3.69. The van der Waals surface area contributed by atoms with Crippen LogP contribution in [0.15, 0.2) is 18.2 Å². The van der Waals surface area contributed by atoms with Gasteiger partial charge in [-0.1, -0.05) is 17.7 Å². The fourth-order valence-electron chi connectivity index (χ4n) is 3.02. The van der Waals surface area contributed by atoms with Crippen LogP contribution < -0.4 is 5.32 Å². The topological polar surface area (TPSA) is 93.8 Å². The Labute approximate surface area is 117 Å². The predicted octanol–water partition coefficient (Wildman–Crippen LogP) is 1.25. The van der Waals surface area contributed by atoms with Crippen molar-refractivity contribution < 1.29 is 14.0 Å². The highest BCUT2D eigenvalue weighted by Gasteiger charge is 2.91. The van der Waals surface area contributed by atoms with Crippen LogP contribution in [0, 0.1) is 39.3 Å². The van der Waals surface area contributed by atoms with E-state index in [4.69, 9.17) is 11.6 Å². The lowest BCUT2D eigenvalue weighted by Gasteiger charge is -2.10. The van der Waals surface area contributed by atoms with E-state index in [1.165, 1.54) is 12.1 Å². The first-order valence-electron chi connectivity index (χ1n) is 5.59. The molecule has 1 saturated carbocycles. The Morgan fingerprint density at radius 3 is 2.20 bits per heavy atom. The van der Waals surface area contributed by atoms with Crippen LogP contribution in [0.3, 0.4) is 0 Å². The van der Waals surface area contributed by atoms with E-state index in [0.29, 0.717) is 0 Å². The van der Waals surface area contributed by atoms with Gasteiger partial charge in [-0.05, 0) is 12.1 Å². The van der Waals surface area contributed by atoms with E-state index in [2.05, 4.69) is 0 Å². The van der Waals surface area contributed by atoms with Crippen molar-refractivity contribution in [3.63, 3.8) is 0 Å². The van der Waals surface area contributed by atoms with Gasteiger partial charge >= 0.3 is 0 Å². The first-order chi connectivity index (χ1) is 9.47. The molecule has 1 aromatic rings. The summed E-state index contributed by atoms with van der Waals surface area (Å²) in [7, 11) is 0. The molecule has 98 valence electrons. The molecule has 20 heavy (non-hydrogen) atoms. The molecule has 0 spiro atoms. The molecule has 2 amide bonds. The maximum atomic E-state index is 14.0. The van der Waals surface area contributed by atoms with E-state index in [1.807, 2.05) is 5.32 Å². The molecular weight excluding hydrogens is 285 g/mol. The average Bonchev–Trinajstić information content (AvgIpc) is 2.95. The van der Waals surface area contributed by atoms with Crippen LogP contribution in [0.2, 0.25) is 5.02 Å². The largest absolute Gasteiger partial charge is 0.293 e. The van der Waals surface area contributed by atoms with E-state index < -0.39 is 34.4 Å². The number of imide groups is 1. The number of halogens is 2. The van der Waals surface area contributed by atoms with Crippen LogP contribution >= 0.6 is 11.6 Å². The van der Waals surface area contributed by atoms with Gasteiger partial charge in [0.05, 0.1) is 12.1 Å². The minimum atomic E-state index is -1.90. The Bertz CT molecular complexity index is 708. The molecule has 1 aromatic carbocycles. The summed E-state index contributed by atoms with van der Waals surface area (Å²) in [6.45, 7) is 0. The average molecular weight is 290 g/mol. The van der Waals surface area contributed by atoms with Gasteiger partial charge in [-0.25, -0.2) is 4.39 Å². The zero-order valence-electron chi connectivity index (χ0n) is 9.78. The van der Waals surface area contributed by atoms with E-state index in [0.717, 1.165) is 6.07 Å². The zero-order chi connectivity index (χ0) is 14.7. The summed E-state index contributed by atoms with van der Waals surface area (Å²) >= 11 is 5.91. The molecule has 3 rings (SSSR count). The molecule has 7 heteroatoms. The zero-order valence-corrected chi connectivity index (χ0v) is 10.5. The molecule has 1 aliphatic heterocycles. The highest BCUT2D eigenvalue weighted by atomic mass is 35.5. The van der Waals surface area contributed by atoms with Gasteiger partial charge in [-0.15, -0.1) is 0 Å². The molecule has 2 aliphatic rings. The SMILES string of the molecule is N#C[C@@]12C(=O)NC(=O)[C@]1(C#N)C2c1c(F)cccc1Cl. The Balaban J connectivity index is 2.29. The number of carbonyl (C=O) groups is 2. The van der Waals surface area contributed by atoms with Crippen molar-refractivity contribution in [3.05, 3.63) is 34.6 Å². The van der Waals surface area contributed by atoms with Gasteiger partial charge < -0.3 is 0 Å². The molecule has 2 fully saturated rings. The highest BCUT2D eigenvalue weighted by molar-refractivity contribution is 6.32. The molecule has 1 N–H and O–H groups in total. The summed E-state index contributed by atoms with van der Waals surface area (Å²) in [4.78, 5) is 23.8. The Morgan fingerprint density at radius 1 is 1.20 bits per heavy atom. The second kappa shape index (κ2) is 3.56. The fraction of sp³-hybridized carbons (Fsp3) is 0.231. The third-order valence-corrected chi connectivity index (χ3v) is 4.32. The normalized spacial score (nSPS) is 33.9. The summed E-state index contributed by atoms with van der Waals surface area (Å²) in [5.41, 5.74) is -3.93. The molecule has 5 nitrogen and oxygen atoms in total. The van der Waals surface area contributed by atoms with E-state index >= 15 is 0 Å². The predicted molar refractivity (Wildman–Crippen MR) is 63.4 cm³/mol. The molecule has 1 saturated heterocycles. The Morgan fingerprint density at radius 2 is 1.75 bits per heavy atom. The number of nitrogens with one attached hydrogen (secondary N) is 1. The van der Waals surface area contributed by atoms with Crippen molar-refractivity contribution in [3.8, 4) is 12.1 Å². The van der Waals surface area contributed by atoms with Crippen LogP contribution in [0.25, 0.3) is 0 Å². The van der Waals surface area contributed by atoms with Crippen LogP contribution in [0.4, 0.5) is 4.39 Å². The molecule has 1 unspecified atom stereocenters. The summed E-state index contributed by atoms with van der Waals surface area (Å²) < 4.78 is 14.0. The minimum absolute atomic E-state index is 0.0192. The number of amides is 2. The monoisotopic (exact) mass is 289 g/mol. The molecule has 0 bridgehead atoms. The lowest BCUT2D eigenvalue weighted by atomic mass is 9.98. The number of piperidine rings is 1. The van der Waals surface area contributed by atoms with Crippen molar-refractivity contribution >= 4 is 23.4 Å². The Kier molecular flexibility index (Phi) is 2.24. The number of carbonyl (C=O) groups excluding carboxylic acids is 2. The number of rotatable bonds is 1. The Hall–Kier alpha value is -2.44. The first-order valence-corrected chi connectivity index (χ1v) is 5.97. The minimum Gasteiger partial charge on any atom is -0.293 e. The van der Waals surface area contributed by atoms with Crippen molar-refractivity contribution in [1.29, 1.82) is 10.5 Å². The van der Waals surface area contributed by atoms with Crippen molar-refractivity contribution in [2.45, 2.75) is 5.92 Å². The summed E-state index contributed by atoms with van der Waals surface area (Å²) in [5, 5.41) is 20.5. The first kappa shape index (κ1) is 12.6. The number of benzene rings is 1. The van der Waals surface area contributed by atoms with E-state index in [-0.39, 0.29) is 10.6 Å². The van der Waals surface area contributed by atoms with E-state index in [1.54, 1.807) is 12.1 Å². The van der Waals surface area contributed by atoms with E-state index in [9.17, 15) is 24.5 Å². The van der Waals surface area contributed by atoms with Crippen LogP contribution in [0.1, 0.15) is 11.5 Å². The van der Waals surface area contributed by atoms with Gasteiger partial charge in [0.2, 0.25) is 11.8 Å². The number of hydrogen-bond acceptors (Lipinski definition) is 4.